The van der Waals surface area contributed by atoms with Gasteiger partial charge in [-0.25, -0.2) is 0 Å². The molecule has 0 bridgehead atoms. The first-order valence-corrected chi connectivity index (χ1v) is 11.1. The van der Waals surface area contributed by atoms with E-state index in [9.17, 15) is 27.9 Å². The molecule has 2 N–H and O–H groups in total. The molecule has 2 amide bonds. The number of likely N-dealkylation sites (tertiary alicyclic amines) is 1. The van der Waals surface area contributed by atoms with E-state index >= 15 is 0 Å². The molecule has 0 aliphatic carbocycles. The van der Waals surface area contributed by atoms with Gasteiger partial charge in [0.25, 0.3) is 5.91 Å². The number of hydrogen-bond donors (Lipinski definition) is 2. The number of aromatic amines is 1. The molecule has 1 fully saturated rings. The van der Waals surface area contributed by atoms with Crippen molar-refractivity contribution < 1.29 is 27.9 Å². The van der Waals surface area contributed by atoms with Crippen molar-refractivity contribution in [1.29, 1.82) is 0 Å². The molecule has 0 saturated carbocycles. The number of rotatable bonds is 6. The van der Waals surface area contributed by atoms with E-state index in [0.29, 0.717) is 25.0 Å². The number of amides is 2. The van der Waals surface area contributed by atoms with Gasteiger partial charge >= 0.3 is 6.18 Å². The third-order valence-electron chi connectivity index (χ3n) is 6.07. The summed E-state index contributed by atoms with van der Waals surface area (Å²) in [6.07, 6.45) is -1.43. The molecule has 0 radical (unpaired) electrons. The fraction of sp³-hybridized carbons (Fsp3) is 0.375. The highest BCUT2D eigenvalue weighted by atomic mass is 19.4. The van der Waals surface area contributed by atoms with Gasteiger partial charge in [0.2, 0.25) is 12.0 Å². The highest BCUT2D eigenvalue weighted by molar-refractivity contribution is 5.95. The van der Waals surface area contributed by atoms with E-state index < -0.39 is 17.6 Å². The number of aryl methyl sites for hydroxylation is 1. The molecule has 7 nitrogen and oxygen atoms in total. The van der Waals surface area contributed by atoms with Crippen LogP contribution in [0.3, 0.4) is 0 Å². The van der Waals surface area contributed by atoms with Crippen molar-refractivity contribution in [2.24, 2.45) is 4.99 Å². The van der Waals surface area contributed by atoms with Crippen molar-refractivity contribution in [3.63, 3.8) is 0 Å². The number of carbonyl (C=O) groups is 2. The summed E-state index contributed by atoms with van der Waals surface area (Å²) < 4.78 is 40.9. The van der Waals surface area contributed by atoms with Crippen LogP contribution in [0, 0.1) is 0 Å². The number of benzene rings is 2. The molecule has 1 atom stereocenters. The first-order chi connectivity index (χ1) is 16.3. The molecule has 180 valence electrons. The normalized spacial score (nSPS) is 17.4. The molecule has 1 aliphatic rings. The van der Waals surface area contributed by atoms with Gasteiger partial charge in [0, 0.05) is 37.7 Å². The minimum absolute atomic E-state index is 0.0671. The zero-order chi connectivity index (χ0) is 24.3. The zero-order valence-corrected chi connectivity index (χ0v) is 18.4. The average molecular weight is 474 g/mol. The second-order valence-corrected chi connectivity index (χ2v) is 8.39. The predicted octanol–water partition coefficient (Wildman–Crippen LogP) is 3.45. The summed E-state index contributed by atoms with van der Waals surface area (Å²) in [5, 5.41) is 9.30. The molecular formula is C24H25F3N4O3. The van der Waals surface area contributed by atoms with Gasteiger partial charge in [-0.3, -0.25) is 9.59 Å². The minimum Gasteiger partial charge on any atom is -0.396 e. The van der Waals surface area contributed by atoms with Crippen molar-refractivity contribution in [1.82, 2.24) is 14.5 Å². The zero-order valence-electron chi connectivity index (χ0n) is 18.4. The number of halogens is 3. The fourth-order valence-electron chi connectivity index (χ4n) is 4.35. The molecule has 2 aromatic carbocycles. The Kier molecular flexibility index (Phi) is 6.87. The van der Waals surface area contributed by atoms with Crippen LogP contribution in [0.4, 0.5) is 13.2 Å². The second-order valence-electron chi connectivity index (χ2n) is 8.39. The van der Waals surface area contributed by atoms with E-state index in [4.69, 9.17) is 0 Å². The van der Waals surface area contributed by atoms with Crippen LogP contribution < -0.4 is 5.62 Å². The van der Waals surface area contributed by atoms with Crippen LogP contribution in [-0.4, -0.2) is 51.6 Å². The van der Waals surface area contributed by atoms with Gasteiger partial charge in [-0.15, -0.1) is 0 Å². The average Bonchev–Trinajstić information content (AvgIpc) is 3.18. The van der Waals surface area contributed by atoms with E-state index in [0.717, 1.165) is 49.0 Å². The van der Waals surface area contributed by atoms with Gasteiger partial charge in [0.15, 0.2) is 0 Å². The number of hydrogen-bond acceptors (Lipinski definition) is 3. The van der Waals surface area contributed by atoms with Crippen molar-refractivity contribution in [2.45, 2.75) is 37.9 Å². The maximum absolute atomic E-state index is 13.0. The number of carbonyl (C=O) groups excluding carboxylic acids is 2. The maximum atomic E-state index is 13.0. The number of aliphatic hydroxyl groups is 1. The predicted molar refractivity (Wildman–Crippen MR) is 119 cm³/mol. The molecule has 3 aromatic rings. The maximum Gasteiger partial charge on any atom is 0.416 e. The standard InChI is InChI=1S/C24H25F3N4O3/c25-24(26,27)19-6-1-4-17(12-19)22(34)29-23-28-20-13-16(18-5-2-9-30(14-18)15-33)7-8-21(20)31(23)10-3-11-32/h1,4,6-8,12-13,15,18,32H,2-3,5,9-11,14H2,(H,28,29,34). The van der Waals surface area contributed by atoms with Crippen LogP contribution in [0.1, 0.15) is 46.7 Å². The number of aliphatic hydroxyl groups excluding tert-OH is 1. The lowest BCUT2D eigenvalue weighted by Gasteiger charge is -2.30. The fourth-order valence-corrected chi connectivity index (χ4v) is 4.35. The van der Waals surface area contributed by atoms with Crippen molar-refractivity contribution in [3.8, 4) is 0 Å². The number of nitrogens with zero attached hydrogens (tertiary/aromatic N) is 3. The molecule has 34 heavy (non-hydrogen) atoms. The Hall–Kier alpha value is -3.40. The van der Waals surface area contributed by atoms with E-state index in [1.165, 1.54) is 12.1 Å². The van der Waals surface area contributed by atoms with E-state index in [2.05, 4.69) is 9.98 Å². The van der Waals surface area contributed by atoms with Crippen LogP contribution in [-0.2, 0) is 17.5 Å². The number of alkyl halides is 3. The van der Waals surface area contributed by atoms with Gasteiger partial charge < -0.3 is 19.6 Å². The topological polar surface area (TPSA) is 90.7 Å². The summed E-state index contributed by atoms with van der Waals surface area (Å²) in [6, 6.07) is 9.98. The lowest BCUT2D eigenvalue weighted by atomic mass is 9.90. The molecule has 10 heteroatoms. The Morgan fingerprint density at radius 2 is 2.06 bits per heavy atom. The SMILES string of the molecule is O=CN1CCCC(c2ccc3c(c2)[nH]/c(=N\C(=O)c2cccc(C(F)(F)F)c2)n3CCCO)C1. The van der Waals surface area contributed by atoms with Gasteiger partial charge in [0.05, 0.1) is 16.6 Å². The first kappa shape index (κ1) is 23.7. The molecule has 4 rings (SSSR count). The molecule has 1 aliphatic heterocycles. The number of nitrogens with one attached hydrogen (secondary N) is 1. The summed E-state index contributed by atoms with van der Waals surface area (Å²) >= 11 is 0. The van der Waals surface area contributed by atoms with E-state index in [1.54, 1.807) is 9.47 Å². The second kappa shape index (κ2) is 9.84. The minimum atomic E-state index is -4.56. The highest BCUT2D eigenvalue weighted by Crippen LogP contribution is 2.30. The number of imidazole rings is 1. The summed E-state index contributed by atoms with van der Waals surface area (Å²) in [5.74, 6) is -0.616. The highest BCUT2D eigenvalue weighted by Gasteiger charge is 2.31. The summed E-state index contributed by atoms with van der Waals surface area (Å²) in [5.41, 5.74) is 1.63. The van der Waals surface area contributed by atoms with Gasteiger partial charge in [-0.2, -0.15) is 18.2 Å². The van der Waals surface area contributed by atoms with Gasteiger partial charge in [-0.05, 0) is 55.2 Å². The Balaban J connectivity index is 1.73. The van der Waals surface area contributed by atoms with Gasteiger partial charge in [0.1, 0.15) is 0 Å². The Bertz CT molecular complexity index is 1260. The van der Waals surface area contributed by atoms with E-state index in [-0.39, 0.29) is 23.7 Å². The Morgan fingerprint density at radius 1 is 1.24 bits per heavy atom. The van der Waals surface area contributed by atoms with Crippen LogP contribution in [0.25, 0.3) is 11.0 Å². The van der Waals surface area contributed by atoms with Crippen LogP contribution in [0.5, 0.6) is 0 Å². The van der Waals surface area contributed by atoms with Crippen LogP contribution in [0.15, 0.2) is 47.5 Å². The Labute approximate surface area is 193 Å². The first-order valence-electron chi connectivity index (χ1n) is 11.1. The van der Waals surface area contributed by atoms with Crippen LogP contribution >= 0.6 is 0 Å². The van der Waals surface area contributed by atoms with Crippen molar-refractivity contribution in [2.75, 3.05) is 19.7 Å². The van der Waals surface area contributed by atoms with Crippen molar-refractivity contribution in [3.05, 3.63) is 64.8 Å². The van der Waals surface area contributed by atoms with Crippen LogP contribution in [0.2, 0.25) is 0 Å². The summed E-state index contributed by atoms with van der Waals surface area (Å²) in [7, 11) is 0. The largest absolute Gasteiger partial charge is 0.416 e. The van der Waals surface area contributed by atoms with Crippen molar-refractivity contribution >= 4 is 23.4 Å². The number of piperidine rings is 1. The Morgan fingerprint density at radius 3 is 2.79 bits per heavy atom. The lowest BCUT2D eigenvalue weighted by Crippen LogP contribution is -2.33. The third-order valence-corrected chi connectivity index (χ3v) is 6.07. The number of H-pyrrole nitrogens is 1. The number of fused-ring (bicyclic) bond motifs is 1. The quantitative estimate of drug-likeness (QED) is 0.537. The third kappa shape index (κ3) is 5.06. The number of aromatic nitrogens is 2. The monoisotopic (exact) mass is 474 g/mol. The lowest BCUT2D eigenvalue weighted by molar-refractivity contribution is -0.137. The smallest absolute Gasteiger partial charge is 0.396 e. The molecule has 1 saturated heterocycles. The van der Waals surface area contributed by atoms with E-state index in [1.807, 2.05) is 18.2 Å². The molecule has 1 unspecified atom stereocenters. The molecule has 0 spiro atoms. The molecule has 2 heterocycles. The molecular weight excluding hydrogens is 449 g/mol. The summed E-state index contributed by atoms with van der Waals surface area (Å²) in [4.78, 5) is 32.8. The molecule has 1 aromatic heterocycles. The van der Waals surface area contributed by atoms with Gasteiger partial charge in [-0.1, -0.05) is 12.1 Å². The summed E-state index contributed by atoms with van der Waals surface area (Å²) in [6.45, 7) is 1.67.